The topological polar surface area (TPSA) is 17.1 Å². The van der Waals surface area contributed by atoms with Crippen LogP contribution < -0.4 is 0 Å². The summed E-state index contributed by atoms with van der Waals surface area (Å²) in [5.41, 5.74) is 0.724. The van der Waals surface area contributed by atoms with E-state index in [1.807, 2.05) is 0 Å². The molecule has 0 aromatic heterocycles. The molecule has 0 saturated heterocycles. The molecule has 14 heavy (non-hydrogen) atoms. The molecule has 1 aromatic rings. The van der Waals surface area contributed by atoms with E-state index in [0.717, 1.165) is 6.07 Å². The van der Waals surface area contributed by atoms with Gasteiger partial charge in [-0.25, -0.2) is 8.78 Å². The Morgan fingerprint density at radius 2 is 2.00 bits per heavy atom. The summed E-state index contributed by atoms with van der Waals surface area (Å²) in [6, 6.07) is 2.02. The highest BCUT2D eigenvalue weighted by atomic mass is 19.1. The maximum Gasteiger partial charge on any atom is 0.152 e. The van der Waals surface area contributed by atoms with Crippen molar-refractivity contribution in [1.29, 1.82) is 0 Å². The summed E-state index contributed by atoms with van der Waals surface area (Å²) in [6.45, 7) is 2.96. The van der Waals surface area contributed by atoms with E-state index in [2.05, 4.69) is 0 Å². The van der Waals surface area contributed by atoms with E-state index in [-0.39, 0.29) is 11.3 Å². The smallest absolute Gasteiger partial charge is 0.152 e. The molecular weight excluding hydrogens is 186 g/mol. The summed E-state index contributed by atoms with van der Waals surface area (Å²) in [6.07, 6.45) is 2.61. The number of ketones is 1. The molecule has 0 heterocycles. The van der Waals surface area contributed by atoms with Crippen LogP contribution in [0.3, 0.4) is 0 Å². The minimum Gasteiger partial charge on any atom is -0.295 e. The van der Waals surface area contributed by atoms with Crippen molar-refractivity contribution >= 4 is 11.9 Å². The van der Waals surface area contributed by atoms with Gasteiger partial charge in [-0.1, -0.05) is 0 Å². The van der Waals surface area contributed by atoms with Gasteiger partial charge in [0.05, 0.1) is 0 Å². The van der Waals surface area contributed by atoms with Crippen molar-refractivity contribution in [2.24, 2.45) is 0 Å². The Hall–Kier alpha value is -1.51. The Morgan fingerprint density at radius 3 is 2.50 bits per heavy atom. The van der Waals surface area contributed by atoms with Gasteiger partial charge in [-0.15, -0.1) is 0 Å². The van der Waals surface area contributed by atoms with Gasteiger partial charge in [0.1, 0.15) is 11.6 Å². The third kappa shape index (κ3) is 2.49. The average Bonchev–Trinajstić information content (AvgIpc) is 2.01. The van der Waals surface area contributed by atoms with E-state index in [1.54, 1.807) is 6.92 Å². The molecule has 0 saturated carbocycles. The zero-order valence-electron chi connectivity index (χ0n) is 7.97. The lowest BCUT2D eigenvalue weighted by atomic mass is 10.1. The van der Waals surface area contributed by atoms with Crippen LogP contribution in [0.4, 0.5) is 8.78 Å². The molecular formula is C11H10F2O. The highest BCUT2D eigenvalue weighted by Crippen LogP contribution is 2.16. The van der Waals surface area contributed by atoms with Crippen LogP contribution in [0.15, 0.2) is 18.2 Å². The van der Waals surface area contributed by atoms with E-state index < -0.39 is 11.6 Å². The van der Waals surface area contributed by atoms with Crippen LogP contribution in [0.5, 0.6) is 0 Å². The predicted molar refractivity (Wildman–Crippen MR) is 50.8 cm³/mol. The van der Waals surface area contributed by atoms with Gasteiger partial charge in [-0.3, -0.25) is 4.79 Å². The van der Waals surface area contributed by atoms with E-state index in [1.165, 1.54) is 25.1 Å². The first-order valence-corrected chi connectivity index (χ1v) is 4.15. The van der Waals surface area contributed by atoms with Crippen LogP contribution in [-0.4, -0.2) is 5.78 Å². The molecule has 0 N–H and O–H groups in total. The summed E-state index contributed by atoms with van der Waals surface area (Å²) in [5.74, 6) is -1.44. The Morgan fingerprint density at radius 1 is 1.36 bits per heavy atom. The number of aryl methyl sites for hydroxylation is 1. The fourth-order valence-electron chi connectivity index (χ4n) is 1.13. The quantitative estimate of drug-likeness (QED) is 0.665. The maximum atomic E-state index is 13.2. The molecule has 0 aliphatic rings. The third-order valence-electron chi connectivity index (χ3n) is 1.79. The fraction of sp³-hybridized carbons (Fsp3) is 0.182. The van der Waals surface area contributed by atoms with Gasteiger partial charge in [-0.2, -0.15) is 0 Å². The number of carbonyl (C=O) groups excluding carboxylic acids is 1. The van der Waals surface area contributed by atoms with Crippen LogP contribution in [0.25, 0.3) is 6.08 Å². The van der Waals surface area contributed by atoms with Gasteiger partial charge in [0, 0.05) is 11.6 Å². The summed E-state index contributed by atoms with van der Waals surface area (Å²) in [7, 11) is 0. The molecule has 0 unspecified atom stereocenters. The molecule has 0 spiro atoms. The first-order chi connectivity index (χ1) is 6.50. The zero-order chi connectivity index (χ0) is 10.7. The molecule has 3 heteroatoms. The van der Waals surface area contributed by atoms with Crippen molar-refractivity contribution in [1.82, 2.24) is 0 Å². The molecule has 1 aromatic carbocycles. The minimum atomic E-state index is -0.653. The van der Waals surface area contributed by atoms with Crippen molar-refractivity contribution in [3.63, 3.8) is 0 Å². The molecule has 0 atom stereocenters. The molecule has 74 valence electrons. The molecule has 0 aliphatic heterocycles. The number of hydrogen-bond acceptors (Lipinski definition) is 1. The Kier molecular flexibility index (Phi) is 3.12. The molecule has 0 bridgehead atoms. The summed E-state index contributed by atoms with van der Waals surface area (Å²) < 4.78 is 25.8. The van der Waals surface area contributed by atoms with Crippen LogP contribution >= 0.6 is 0 Å². The van der Waals surface area contributed by atoms with Crippen molar-refractivity contribution in [3.8, 4) is 0 Å². The first kappa shape index (κ1) is 10.6. The Bertz CT molecular complexity index is 371. The largest absolute Gasteiger partial charge is 0.295 e. The monoisotopic (exact) mass is 196 g/mol. The molecule has 0 amide bonds. The van der Waals surface area contributed by atoms with E-state index >= 15 is 0 Å². The van der Waals surface area contributed by atoms with Crippen molar-refractivity contribution in [2.75, 3.05) is 0 Å². The number of hydrogen-bond donors (Lipinski definition) is 0. The number of halogens is 2. The Labute approximate surface area is 81.1 Å². The lowest BCUT2D eigenvalue weighted by Gasteiger charge is -2.01. The van der Waals surface area contributed by atoms with Gasteiger partial charge in [0.2, 0.25) is 0 Å². The minimum absolute atomic E-state index is 0.173. The summed E-state index contributed by atoms with van der Waals surface area (Å²) in [5, 5.41) is 0. The lowest BCUT2D eigenvalue weighted by molar-refractivity contribution is -0.112. The normalized spacial score (nSPS) is 10.9. The van der Waals surface area contributed by atoms with Gasteiger partial charge >= 0.3 is 0 Å². The molecule has 0 aliphatic carbocycles. The second-order valence-corrected chi connectivity index (χ2v) is 3.06. The standard InChI is InChI=1S/C11H10F2O/c1-7-5-9(12)6-11(13)10(7)4-3-8(2)14/h3-6H,1-2H3/b4-3+. The van der Waals surface area contributed by atoms with E-state index in [9.17, 15) is 13.6 Å². The molecule has 0 radical (unpaired) electrons. The maximum absolute atomic E-state index is 13.2. The van der Waals surface area contributed by atoms with Gasteiger partial charge in [0.15, 0.2) is 5.78 Å². The number of allylic oxidation sites excluding steroid dienone is 1. The van der Waals surface area contributed by atoms with Crippen LogP contribution in [-0.2, 0) is 4.79 Å². The first-order valence-electron chi connectivity index (χ1n) is 4.15. The van der Waals surface area contributed by atoms with Crippen LogP contribution in [0.2, 0.25) is 0 Å². The van der Waals surface area contributed by atoms with E-state index in [4.69, 9.17) is 0 Å². The second-order valence-electron chi connectivity index (χ2n) is 3.06. The fourth-order valence-corrected chi connectivity index (χ4v) is 1.13. The molecule has 1 rings (SSSR count). The average molecular weight is 196 g/mol. The Balaban J connectivity index is 3.15. The van der Waals surface area contributed by atoms with Crippen molar-refractivity contribution in [2.45, 2.75) is 13.8 Å². The van der Waals surface area contributed by atoms with Crippen molar-refractivity contribution < 1.29 is 13.6 Å². The molecule has 0 fully saturated rings. The predicted octanol–water partition coefficient (Wildman–Crippen LogP) is 2.88. The van der Waals surface area contributed by atoms with Gasteiger partial charge in [-0.05, 0) is 37.6 Å². The van der Waals surface area contributed by atoms with Gasteiger partial charge in [0.25, 0.3) is 0 Å². The highest BCUT2D eigenvalue weighted by Gasteiger charge is 2.05. The molecule has 1 nitrogen and oxygen atoms in total. The van der Waals surface area contributed by atoms with Crippen LogP contribution in [0, 0.1) is 18.6 Å². The van der Waals surface area contributed by atoms with Crippen LogP contribution in [0.1, 0.15) is 18.1 Å². The van der Waals surface area contributed by atoms with Gasteiger partial charge < -0.3 is 0 Å². The lowest BCUT2D eigenvalue weighted by Crippen LogP contribution is -1.91. The number of carbonyl (C=O) groups is 1. The third-order valence-corrected chi connectivity index (χ3v) is 1.79. The second kappa shape index (κ2) is 4.13. The summed E-state index contributed by atoms with van der Waals surface area (Å²) in [4.78, 5) is 10.6. The number of rotatable bonds is 2. The summed E-state index contributed by atoms with van der Waals surface area (Å²) >= 11 is 0. The van der Waals surface area contributed by atoms with Crippen molar-refractivity contribution in [3.05, 3.63) is 41.0 Å². The van der Waals surface area contributed by atoms with E-state index in [0.29, 0.717) is 5.56 Å². The SMILES string of the molecule is CC(=O)/C=C/c1c(C)cc(F)cc1F. The number of benzene rings is 1. The zero-order valence-corrected chi connectivity index (χ0v) is 7.97. The highest BCUT2D eigenvalue weighted by molar-refractivity contribution is 5.91.